The number of amides is 1. The van der Waals surface area contributed by atoms with E-state index in [1.807, 2.05) is 30.3 Å². The molecule has 0 spiro atoms. The molecule has 8 heteroatoms. The lowest BCUT2D eigenvalue weighted by Gasteiger charge is -2.35. The van der Waals surface area contributed by atoms with Gasteiger partial charge in [0.1, 0.15) is 5.75 Å². The summed E-state index contributed by atoms with van der Waals surface area (Å²) in [5.41, 5.74) is 3.10. The van der Waals surface area contributed by atoms with Crippen LogP contribution in [0, 0.1) is 6.92 Å². The van der Waals surface area contributed by atoms with Crippen LogP contribution in [0.4, 0.5) is 5.82 Å². The number of piperazine rings is 1. The van der Waals surface area contributed by atoms with Gasteiger partial charge in [0, 0.05) is 36.8 Å². The molecule has 0 unspecified atom stereocenters. The van der Waals surface area contributed by atoms with E-state index in [-0.39, 0.29) is 12.5 Å². The van der Waals surface area contributed by atoms with Gasteiger partial charge in [-0.05, 0) is 42.8 Å². The van der Waals surface area contributed by atoms with E-state index in [9.17, 15) is 4.79 Å². The normalized spacial score (nSPS) is 13.9. The number of hydrogen-bond donors (Lipinski definition) is 0. The number of ether oxygens (including phenoxy) is 1. The molecular weight excluding hydrogens is 435 g/mol. The molecule has 4 rings (SSSR count). The Morgan fingerprint density at radius 3 is 2.45 bits per heavy atom. The fraction of sp³-hybridized carbons (Fsp3) is 0.261. The number of anilines is 1. The largest absolute Gasteiger partial charge is 0.482 e. The highest BCUT2D eigenvalue weighted by Gasteiger charge is 2.23. The van der Waals surface area contributed by atoms with Gasteiger partial charge in [-0.3, -0.25) is 4.79 Å². The van der Waals surface area contributed by atoms with Gasteiger partial charge in [0.2, 0.25) is 0 Å². The highest BCUT2D eigenvalue weighted by molar-refractivity contribution is 6.35. The Morgan fingerprint density at radius 1 is 1.00 bits per heavy atom. The van der Waals surface area contributed by atoms with Crippen molar-refractivity contribution in [2.75, 3.05) is 37.7 Å². The van der Waals surface area contributed by atoms with Crippen molar-refractivity contribution in [1.82, 2.24) is 15.1 Å². The van der Waals surface area contributed by atoms with E-state index in [2.05, 4.69) is 28.1 Å². The zero-order valence-corrected chi connectivity index (χ0v) is 18.6. The van der Waals surface area contributed by atoms with Crippen LogP contribution in [0.25, 0.3) is 11.3 Å². The molecule has 1 aliphatic heterocycles. The van der Waals surface area contributed by atoms with Gasteiger partial charge >= 0.3 is 0 Å². The molecule has 160 valence electrons. The molecule has 6 nitrogen and oxygen atoms in total. The maximum absolute atomic E-state index is 12.5. The molecule has 0 aliphatic carbocycles. The van der Waals surface area contributed by atoms with E-state index < -0.39 is 0 Å². The first-order chi connectivity index (χ1) is 15.0. The lowest BCUT2D eigenvalue weighted by Crippen LogP contribution is -2.50. The van der Waals surface area contributed by atoms with Crippen LogP contribution in [0.15, 0.2) is 54.6 Å². The highest BCUT2D eigenvalue weighted by Crippen LogP contribution is 2.27. The number of aryl methyl sites for hydroxylation is 1. The Bertz CT molecular complexity index is 1070. The molecule has 0 bridgehead atoms. The molecule has 0 saturated carbocycles. The molecule has 3 aromatic rings. The standard InChI is InChI=1S/C23H22Cl2N4O2/c1-16-4-2-3-5-18(16)20-7-9-22(27-26-20)28-10-12-29(13-11-28)23(30)15-31-21-8-6-17(24)14-19(21)25/h2-9,14H,10-13,15H2,1H3. The Balaban J connectivity index is 1.31. The molecule has 1 aliphatic rings. The van der Waals surface area contributed by atoms with Crippen molar-refractivity contribution in [2.24, 2.45) is 0 Å². The van der Waals surface area contributed by atoms with Crippen LogP contribution < -0.4 is 9.64 Å². The molecule has 0 radical (unpaired) electrons. The van der Waals surface area contributed by atoms with Crippen LogP contribution in [0.1, 0.15) is 5.56 Å². The van der Waals surface area contributed by atoms with Crippen LogP contribution in [-0.4, -0.2) is 53.8 Å². The monoisotopic (exact) mass is 456 g/mol. The van der Waals surface area contributed by atoms with E-state index in [4.69, 9.17) is 27.9 Å². The van der Waals surface area contributed by atoms with Crippen molar-refractivity contribution < 1.29 is 9.53 Å². The number of nitrogens with zero attached hydrogens (tertiary/aromatic N) is 4. The van der Waals surface area contributed by atoms with Crippen molar-refractivity contribution in [3.63, 3.8) is 0 Å². The van der Waals surface area contributed by atoms with Gasteiger partial charge in [-0.15, -0.1) is 10.2 Å². The predicted molar refractivity (Wildman–Crippen MR) is 123 cm³/mol. The van der Waals surface area contributed by atoms with Crippen LogP contribution in [0.2, 0.25) is 10.0 Å². The minimum absolute atomic E-state index is 0.0632. The summed E-state index contributed by atoms with van der Waals surface area (Å²) < 4.78 is 5.57. The number of benzene rings is 2. The summed E-state index contributed by atoms with van der Waals surface area (Å²) in [6.07, 6.45) is 0. The summed E-state index contributed by atoms with van der Waals surface area (Å²) in [5, 5.41) is 9.72. The number of hydrogen-bond acceptors (Lipinski definition) is 5. The number of rotatable bonds is 5. The number of halogens is 2. The molecule has 1 aromatic heterocycles. The second kappa shape index (κ2) is 9.54. The Labute approximate surface area is 191 Å². The molecule has 2 aromatic carbocycles. The van der Waals surface area contributed by atoms with Crippen LogP contribution in [-0.2, 0) is 4.79 Å². The van der Waals surface area contributed by atoms with E-state index in [0.717, 1.165) is 17.1 Å². The molecule has 0 atom stereocenters. The van der Waals surface area contributed by atoms with Gasteiger partial charge in [-0.1, -0.05) is 47.5 Å². The third kappa shape index (κ3) is 5.09. The van der Waals surface area contributed by atoms with Crippen molar-refractivity contribution >= 4 is 34.9 Å². The second-order valence-electron chi connectivity index (χ2n) is 7.32. The minimum atomic E-state index is -0.0772. The Kier molecular flexibility index (Phi) is 6.59. The number of carbonyl (C=O) groups excluding carboxylic acids is 1. The van der Waals surface area contributed by atoms with Gasteiger partial charge < -0.3 is 14.5 Å². The molecule has 2 heterocycles. The number of aromatic nitrogens is 2. The van der Waals surface area contributed by atoms with E-state index in [1.54, 1.807) is 23.1 Å². The predicted octanol–water partition coefficient (Wildman–Crippen LogP) is 4.49. The summed E-state index contributed by atoms with van der Waals surface area (Å²) in [4.78, 5) is 16.4. The van der Waals surface area contributed by atoms with Crippen molar-refractivity contribution in [1.29, 1.82) is 0 Å². The van der Waals surface area contributed by atoms with Crippen molar-refractivity contribution in [3.05, 3.63) is 70.2 Å². The molecule has 1 fully saturated rings. The first-order valence-electron chi connectivity index (χ1n) is 10.0. The maximum Gasteiger partial charge on any atom is 0.260 e. The molecular formula is C23H22Cl2N4O2. The molecule has 1 saturated heterocycles. The van der Waals surface area contributed by atoms with E-state index >= 15 is 0 Å². The van der Waals surface area contributed by atoms with Gasteiger partial charge in [0.05, 0.1) is 10.7 Å². The maximum atomic E-state index is 12.5. The quantitative estimate of drug-likeness (QED) is 0.565. The lowest BCUT2D eigenvalue weighted by atomic mass is 10.1. The summed E-state index contributed by atoms with van der Waals surface area (Å²) in [5.74, 6) is 1.18. The Morgan fingerprint density at radius 2 is 1.77 bits per heavy atom. The third-order valence-electron chi connectivity index (χ3n) is 5.27. The van der Waals surface area contributed by atoms with E-state index in [1.165, 1.54) is 5.56 Å². The van der Waals surface area contributed by atoms with Crippen molar-refractivity contribution in [3.8, 4) is 17.0 Å². The van der Waals surface area contributed by atoms with Gasteiger partial charge in [0.15, 0.2) is 12.4 Å². The zero-order chi connectivity index (χ0) is 21.8. The fourth-order valence-electron chi connectivity index (χ4n) is 3.51. The average Bonchev–Trinajstić information content (AvgIpc) is 2.79. The summed E-state index contributed by atoms with van der Waals surface area (Å²) in [6, 6.07) is 17.0. The minimum Gasteiger partial charge on any atom is -0.482 e. The first kappa shape index (κ1) is 21.4. The smallest absolute Gasteiger partial charge is 0.260 e. The molecule has 1 amide bonds. The van der Waals surface area contributed by atoms with Crippen LogP contribution in [0.3, 0.4) is 0 Å². The molecule has 31 heavy (non-hydrogen) atoms. The first-order valence-corrected chi connectivity index (χ1v) is 10.8. The zero-order valence-electron chi connectivity index (χ0n) is 17.1. The van der Waals surface area contributed by atoms with Crippen LogP contribution >= 0.6 is 23.2 Å². The van der Waals surface area contributed by atoms with Gasteiger partial charge in [-0.25, -0.2) is 0 Å². The summed E-state index contributed by atoms with van der Waals surface area (Å²) in [7, 11) is 0. The van der Waals surface area contributed by atoms with Crippen LogP contribution in [0.5, 0.6) is 5.75 Å². The topological polar surface area (TPSA) is 58.6 Å². The lowest BCUT2D eigenvalue weighted by molar-refractivity contribution is -0.133. The fourth-order valence-corrected chi connectivity index (χ4v) is 3.97. The van der Waals surface area contributed by atoms with Gasteiger partial charge in [0.25, 0.3) is 5.91 Å². The van der Waals surface area contributed by atoms with Crippen molar-refractivity contribution in [2.45, 2.75) is 6.92 Å². The summed E-state index contributed by atoms with van der Waals surface area (Å²) >= 11 is 12.0. The van der Waals surface area contributed by atoms with Gasteiger partial charge in [-0.2, -0.15) is 0 Å². The SMILES string of the molecule is Cc1ccccc1-c1ccc(N2CCN(C(=O)COc3ccc(Cl)cc3Cl)CC2)nn1. The average molecular weight is 457 g/mol. The third-order valence-corrected chi connectivity index (χ3v) is 5.80. The molecule has 0 N–H and O–H groups in total. The summed E-state index contributed by atoms with van der Waals surface area (Å²) in [6.45, 7) is 4.56. The second-order valence-corrected chi connectivity index (χ2v) is 8.17. The highest BCUT2D eigenvalue weighted by atomic mass is 35.5. The number of carbonyl (C=O) groups is 1. The van der Waals surface area contributed by atoms with E-state index in [0.29, 0.717) is 42.0 Å². The Hall–Kier alpha value is -2.83.